The molecule has 0 unspecified atom stereocenters. The van der Waals surface area contributed by atoms with Gasteiger partial charge in [0.25, 0.3) is 0 Å². The van der Waals surface area contributed by atoms with Crippen LogP contribution in [0.1, 0.15) is 5.56 Å². The van der Waals surface area contributed by atoms with Crippen molar-refractivity contribution in [1.82, 2.24) is 30.0 Å². The minimum Gasteiger partial charge on any atom is -0.495 e. The molecule has 1 aliphatic rings. The average molecular weight is 632 g/mol. The molecular formula is C36H41N9O2. The summed E-state index contributed by atoms with van der Waals surface area (Å²) >= 11 is 0. The Labute approximate surface area is 275 Å². The first-order chi connectivity index (χ1) is 22.9. The second-order valence-electron chi connectivity index (χ2n) is 12.0. The molecule has 2 aromatic heterocycles. The first-order valence-corrected chi connectivity index (χ1v) is 15.8. The lowest BCUT2D eigenvalue weighted by molar-refractivity contribution is -0.114. The summed E-state index contributed by atoms with van der Waals surface area (Å²) in [6.07, 6.45) is 3.83. The topological polar surface area (TPSA) is 115 Å². The van der Waals surface area contributed by atoms with Gasteiger partial charge in [0.15, 0.2) is 11.4 Å². The van der Waals surface area contributed by atoms with E-state index in [0.717, 1.165) is 65.5 Å². The number of methoxy groups -OCH3 is 1. The Bertz CT molecular complexity index is 1860. The van der Waals surface area contributed by atoms with Gasteiger partial charge in [0.2, 0.25) is 5.95 Å². The Balaban J connectivity index is 1.36. The maximum atomic E-state index is 12.8. The first-order valence-electron chi connectivity index (χ1n) is 15.8. The molecule has 0 saturated carbocycles. The number of ether oxygens (including phenoxy) is 1. The third kappa shape index (κ3) is 7.76. The molecule has 5 aromatic rings. The Morgan fingerprint density at radius 2 is 1.77 bits per heavy atom. The highest BCUT2D eigenvalue weighted by Crippen LogP contribution is 2.36. The highest BCUT2D eigenvalue weighted by atomic mass is 16.5. The molecule has 0 radical (unpaired) electrons. The maximum Gasteiger partial charge on any atom is 0.229 e. The van der Waals surface area contributed by atoms with Crippen LogP contribution in [0.4, 0.5) is 28.8 Å². The summed E-state index contributed by atoms with van der Waals surface area (Å²) in [7, 11) is 7.79. The first kappa shape index (κ1) is 31.7. The van der Waals surface area contributed by atoms with E-state index in [0.29, 0.717) is 36.1 Å². The Morgan fingerprint density at radius 1 is 0.957 bits per heavy atom. The lowest BCUT2D eigenvalue weighted by Gasteiger charge is -2.34. The van der Waals surface area contributed by atoms with Gasteiger partial charge in [-0.3, -0.25) is 9.89 Å². The number of nitrogens with zero attached hydrogens (tertiary/aromatic N) is 6. The van der Waals surface area contributed by atoms with Crippen molar-refractivity contribution >= 4 is 45.6 Å². The van der Waals surface area contributed by atoms with Gasteiger partial charge in [0.1, 0.15) is 11.6 Å². The number of ketones is 1. The van der Waals surface area contributed by atoms with Crippen LogP contribution in [0.25, 0.3) is 22.3 Å². The van der Waals surface area contributed by atoms with Crippen LogP contribution in [-0.2, 0) is 11.2 Å². The number of hydrogen-bond acceptors (Lipinski definition) is 10. The van der Waals surface area contributed by atoms with Gasteiger partial charge in [-0.05, 0) is 69.2 Å². The number of aromatic amines is 1. The molecule has 0 aliphatic carbocycles. The van der Waals surface area contributed by atoms with Gasteiger partial charge in [0, 0.05) is 56.1 Å². The molecule has 0 atom stereocenters. The number of piperazine rings is 1. The molecule has 0 bridgehead atoms. The minimum absolute atomic E-state index is 0.0459. The van der Waals surface area contributed by atoms with Crippen LogP contribution in [-0.4, -0.2) is 96.7 Å². The number of hydrogen-bond donors (Lipinski definition) is 3. The van der Waals surface area contributed by atoms with Crippen LogP contribution in [0, 0.1) is 0 Å². The van der Waals surface area contributed by atoms with Crippen molar-refractivity contribution in [3.05, 3.63) is 90.5 Å². The van der Waals surface area contributed by atoms with Gasteiger partial charge in [-0.15, -0.1) is 0 Å². The smallest absolute Gasteiger partial charge is 0.229 e. The largest absolute Gasteiger partial charge is 0.495 e. The van der Waals surface area contributed by atoms with Gasteiger partial charge in [0.05, 0.1) is 23.9 Å². The number of likely N-dealkylation sites (N-methyl/N-ethyl adjacent to an activating group) is 2. The summed E-state index contributed by atoms with van der Waals surface area (Å²) in [5.41, 5.74) is 5.73. The molecule has 242 valence electrons. The molecule has 0 spiro atoms. The predicted octanol–water partition coefficient (Wildman–Crippen LogP) is 5.50. The minimum atomic E-state index is 0.0459. The number of allylic oxidation sites excluding steroid dienone is 1. The number of rotatable bonds is 12. The molecule has 3 N–H and O–H groups in total. The fourth-order valence-corrected chi connectivity index (χ4v) is 5.62. The van der Waals surface area contributed by atoms with Crippen molar-refractivity contribution in [2.24, 2.45) is 0 Å². The van der Waals surface area contributed by atoms with Crippen molar-refractivity contribution in [1.29, 1.82) is 0 Å². The van der Waals surface area contributed by atoms with E-state index >= 15 is 0 Å². The number of aromatic nitrogens is 4. The van der Waals surface area contributed by atoms with Crippen LogP contribution in [0.3, 0.4) is 0 Å². The summed E-state index contributed by atoms with van der Waals surface area (Å²) in [6, 6.07) is 23.8. The molecule has 47 heavy (non-hydrogen) atoms. The van der Waals surface area contributed by atoms with Crippen molar-refractivity contribution in [3.8, 4) is 17.0 Å². The molecule has 0 amide bonds. The van der Waals surface area contributed by atoms with E-state index in [1.165, 1.54) is 0 Å². The van der Waals surface area contributed by atoms with Gasteiger partial charge >= 0.3 is 0 Å². The second-order valence-corrected chi connectivity index (χ2v) is 12.0. The molecule has 6 rings (SSSR count). The lowest BCUT2D eigenvalue weighted by atomic mass is 10.0. The second kappa shape index (κ2) is 14.4. The summed E-state index contributed by atoms with van der Waals surface area (Å²) in [5, 5.41) is 15.3. The van der Waals surface area contributed by atoms with Crippen LogP contribution in [0.15, 0.2) is 84.9 Å². The van der Waals surface area contributed by atoms with E-state index in [2.05, 4.69) is 43.7 Å². The van der Waals surface area contributed by atoms with Crippen LogP contribution in [0.2, 0.25) is 0 Å². The third-order valence-corrected chi connectivity index (χ3v) is 8.09. The zero-order valence-electron chi connectivity index (χ0n) is 27.3. The Kier molecular flexibility index (Phi) is 9.75. The number of anilines is 5. The molecule has 3 aromatic carbocycles. The number of para-hydroxylation sites is 1. The molecule has 1 fully saturated rings. The number of benzene rings is 3. The highest BCUT2D eigenvalue weighted by Gasteiger charge is 2.20. The van der Waals surface area contributed by atoms with E-state index in [9.17, 15) is 4.79 Å². The fourth-order valence-electron chi connectivity index (χ4n) is 5.62. The molecular weight excluding hydrogens is 590 g/mol. The van der Waals surface area contributed by atoms with E-state index in [1.807, 2.05) is 91.8 Å². The third-order valence-electron chi connectivity index (χ3n) is 8.09. The molecule has 11 heteroatoms. The monoisotopic (exact) mass is 631 g/mol. The van der Waals surface area contributed by atoms with E-state index in [4.69, 9.17) is 14.7 Å². The number of nitrogens with one attached hydrogen (secondary N) is 3. The molecule has 1 saturated heterocycles. The number of H-pyrrole nitrogens is 1. The van der Waals surface area contributed by atoms with Crippen molar-refractivity contribution < 1.29 is 9.53 Å². The summed E-state index contributed by atoms with van der Waals surface area (Å²) in [5.74, 6) is 1.96. The van der Waals surface area contributed by atoms with Crippen LogP contribution >= 0.6 is 0 Å². The predicted molar refractivity (Wildman–Crippen MR) is 189 cm³/mol. The number of carbonyl (C=O) groups excluding carboxylic acids is 1. The SMILES string of the molecule is COc1ccc(Nc2nc(-c3cccc(CC(=O)/C=C/CN(C)C)c3)c3c(Nc4ccccc4)[nH]nc3n2)cc1N1CCN(C)CC1. The zero-order valence-corrected chi connectivity index (χ0v) is 27.3. The standard InChI is InChI=1S/C36H41N9O2/c1-43(2)17-9-14-29(46)23-25-10-8-11-26(22-25)33-32-34(37-27-12-6-5-7-13-27)41-42-35(32)40-36(39-33)38-28-15-16-31(47-4)30(24-28)45-20-18-44(3)19-21-45/h5-16,22,24H,17-21,23H2,1-4H3,(H3,37,38,39,40,41,42)/b14-9+. The summed E-state index contributed by atoms with van der Waals surface area (Å²) in [4.78, 5) is 29.3. The quantitative estimate of drug-likeness (QED) is 0.153. The lowest BCUT2D eigenvalue weighted by Crippen LogP contribution is -2.44. The molecule has 3 heterocycles. The van der Waals surface area contributed by atoms with Crippen LogP contribution in [0.5, 0.6) is 5.75 Å². The maximum absolute atomic E-state index is 12.8. The Hall–Kier alpha value is -5.26. The van der Waals surface area contributed by atoms with Crippen molar-refractivity contribution in [2.45, 2.75) is 6.42 Å². The van der Waals surface area contributed by atoms with E-state index in [-0.39, 0.29) is 5.78 Å². The highest BCUT2D eigenvalue weighted by molar-refractivity contribution is 6.01. The van der Waals surface area contributed by atoms with Crippen molar-refractivity contribution in [2.75, 3.05) is 76.5 Å². The van der Waals surface area contributed by atoms with Gasteiger partial charge in [-0.1, -0.05) is 42.5 Å². The normalized spacial score (nSPS) is 13.9. The fraction of sp³-hybridized carbons (Fsp3) is 0.278. The van der Waals surface area contributed by atoms with E-state index in [1.54, 1.807) is 13.2 Å². The van der Waals surface area contributed by atoms with Gasteiger partial charge < -0.3 is 30.1 Å². The number of carbonyl (C=O) groups is 1. The molecule has 1 aliphatic heterocycles. The Morgan fingerprint density at radius 3 is 2.53 bits per heavy atom. The van der Waals surface area contributed by atoms with E-state index < -0.39 is 0 Å². The zero-order chi connectivity index (χ0) is 32.8. The number of fused-ring (bicyclic) bond motifs is 1. The summed E-state index contributed by atoms with van der Waals surface area (Å²) < 4.78 is 5.72. The van der Waals surface area contributed by atoms with Crippen molar-refractivity contribution in [3.63, 3.8) is 0 Å². The average Bonchev–Trinajstić information content (AvgIpc) is 3.47. The van der Waals surface area contributed by atoms with Gasteiger partial charge in [-0.2, -0.15) is 10.1 Å². The van der Waals surface area contributed by atoms with Crippen LogP contribution < -0.4 is 20.3 Å². The molecule has 11 nitrogen and oxygen atoms in total. The van der Waals surface area contributed by atoms with Gasteiger partial charge in [-0.25, -0.2) is 4.98 Å². The summed E-state index contributed by atoms with van der Waals surface area (Å²) in [6.45, 7) is 4.51.